The van der Waals surface area contributed by atoms with Crippen molar-refractivity contribution in [1.82, 2.24) is 0 Å². The summed E-state index contributed by atoms with van der Waals surface area (Å²) in [7, 11) is 0. The molecule has 6 rings (SSSR count). The lowest BCUT2D eigenvalue weighted by molar-refractivity contribution is -0.384. The molecule has 0 radical (unpaired) electrons. The number of nitro benzene ring substituents is 1. The van der Waals surface area contributed by atoms with E-state index in [-0.39, 0.29) is 22.7 Å². The highest BCUT2D eigenvalue weighted by Gasteiger charge is 2.61. The van der Waals surface area contributed by atoms with Crippen LogP contribution >= 0.6 is 0 Å². The fourth-order valence-corrected chi connectivity index (χ4v) is 4.84. The lowest BCUT2D eigenvalue weighted by Gasteiger charge is -2.27. The Morgan fingerprint density at radius 2 is 1.51 bits per heavy atom. The standard InChI is InChI=1S/C27H18FN3O6/c28-16-10-12-17(13-11-16)29-26(32)23-24(30(37-25(23)27(29)33)18-6-2-1-3-7-18)22-15-14-21(36-22)19-8-4-5-9-20(19)31(34)35/h1-15,23-25H. The van der Waals surface area contributed by atoms with Crippen LogP contribution < -0.4 is 9.96 Å². The van der Waals surface area contributed by atoms with Gasteiger partial charge in [0.25, 0.3) is 11.6 Å². The number of carbonyl (C=O) groups excluding carboxylic acids is 2. The zero-order valence-corrected chi connectivity index (χ0v) is 19.1. The summed E-state index contributed by atoms with van der Waals surface area (Å²) >= 11 is 0. The number of anilines is 2. The van der Waals surface area contributed by atoms with Crippen LogP contribution in [0.3, 0.4) is 0 Å². The van der Waals surface area contributed by atoms with Crippen LogP contribution in [0.25, 0.3) is 11.3 Å². The highest BCUT2D eigenvalue weighted by atomic mass is 19.1. The Morgan fingerprint density at radius 1 is 0.811 bits per heavy atom. The van der Waals surface area contributed by atoms with Gasteiger partial charge in [0, 0.05) is 6.07 Å². The molecular formula is C27H18FN3O6. The van der Waals surface area contributed by atoms with Crippen LogP contribution in [0.5, 0.6) is 0 Å². The molecule has 10 heteroatoms. The maximum Gasteiger partial charge on any atom is 0.280 e. The van der Waals surface area contributed by atoms with Crippen LogP contribution in [0.4, 0.5) is 21.5 Å². The van der Waals surface area contributed by atoms with Crippen molar-refractivity contribution in [2.45, 2.75) is 12.1 Å². The predicted molar refractivity (Wildman–Crippen MR) is 130 cm³/mol. The van der Waals surface area contributed by atoms with Crippen LogP contribution in [0.2, 0.25) is 0 Å². The summed E-state index contributed by atoms with van der Waals surface area (Å²) in [5.74, 6) is -2.02. The largest absolute Gasteiger partial charge is 0.458 e. The summed E-state index contributed by atoms with van der Waals surface area (Å²) in [6, 6.07) is 22.5. The highest BCUT2D eigenvalue weighted by Crippen LogP contribution is 2.48. The van der Waals surface area contributed by atoms with Crippen LogP contribution in [-0.2, 0) is 14.4 Å². The molecule has 37 heavy (non-hydrogen) atoms. The number of halogens is 1. The number of amides is 2. The van der Waals surface area contributed by atoms with Gasteiger partial charge in [0.1, 0.15) is 29.3 Å². The van der Waals surface area contributed by atoms with E-state index in [0.29, 0.717) is 11.4 Å². The van der Waals surface area contributed by atoms with E-state index in [1.807, 2.05) is 6.07 Å². The number of nitrogens with zero attached hydrogens (tertiary/aromatic N) is 3. The molecule has 0 saturated carbocycles. The zero-order chi connectivity index (χ0) is 25.7. The first-order valence-electron chi connectivity index (χ1n) is 11.4. The number of nitro groups is 1. The molecule has 3 aromatic carbocycles. The Bertz CT molecular complexity index is 1520. The number of rotatable bonds is 5. The lowest BCUT2D eigenvalue weighted by Crippen LogP contribution is -2.37. The predicted octanol–water partition coefficient (Wildman–Crippen LogP) is 5.05. The summed E-state index contributed by atoms with van der Waals surface area (Å²) in [6.45, 7) is 0. The van der Waals surface area contributed by atoms with E-state index in [0.717, 1.165) is 4.90 Å². The maximum atomic E-state index is 13.6. The molecule has 2 aliphatic rings. The van der Waals surface area contributed by atoms with Crippen molar-refractivity contribution >= 4 is 28.9 Å². The number of imide groups is 1. The minimum Gasteiger partial charge on any atom is -0.458 e. The van der Waals surface area contributed by atoms with Gasteiger partial charge < -0.3 is 4.42 Å². The van der Waals surface area contributed by atoms with Crippen LogP contribution in [-0.4, -0.2) is 22.8 Å². The second kappa shape index (κ2) is 8.68. The van der Waals surface area contributed by atoms with Crippen molar-refractivity contribution in [2.75, 3.05) is 9.96 Å². The van der Waals surface area contributed by atoms with Crippen molar-refractivity contribution in [2.24, 2.45) is 5.92 Å². The van der Waals surface area contributed by atoms with Gasteiger partial charge in [-0.1, -0.05) is 30.3 Å². The lowest BCUT2D eigenvalue weighted by atomic mass is 9.94. The molecule has 3 heterocycles. The van der Waals surface area contributed by atoms with Gasteiger partial charge in [0.15, 0.2) is 6.10 Å². The summed E-state index contributed by atoms with van der Waals surface area (Å²) in [5.41, 5.74) is 0.986. The molecule has 184 valence electrons. The molecule has 9 nitrogen and oxygen atoms in total. The number of hydroxylamine groups is 1. The van der Waals surface area contributed by atoms with Gasteiger partial charge >= 0.3 is 0 Å². The average Bonchev–Trinajstić information content (AvgIpc) is 3.60. The molecule has 2 fully saturated rings. The van der Waals surface area contributed by atoms with E-state index in [4.69, 9.17) is 9.25 Å². The van der Waals surface area contributed by atoms with E-state index in [9.17, 15) is 24.1 Å². The number of hydrogen-bond acceptors (Lipinski definition) is 7. The molecule has 3 atom stereocenters. The van der Waals surface area contributed by atoms with Gasteiger partial charge in [0.05, 0.1) is 21.9 Å². The summed E-state index contributed by atoms with van der Waals surface area (Å²) in [4.78, 5) is 45.1. The van der Waals surface area contributed by atoms with E-state index < -0.39 is 40.6 Å². The Morgan fingerprint density at radius 3 is 2.24 bits per heavy atom. The van der Waals surface area contributed by atoms with Gasteiger partial charge in [-0.05, 0) is 54.6 Å². The third-order valence-corrected chi connectivity index (χ3v) is 6.50. The van der Waals surface area contributed by atoms with Gasteiger partial charge in [-0.25, -0.2) is 14.4 Å². The average molecular weight is 499 g/mol. The second-order valence-electron chi connectivity index (χ2n) is 8.62. The molecule has 0 bridgehead atoms. The number of furan rings is 1. The third kappa shape index (κ3) is 3.66. The number of hydrogen-bond donors (Lipinski definition) is 0. The topological polar surface area (TPSA) is 106 Å². The number of para-hydroxylation sites is 2. The highest BCUT2D eigenvalue weighted by molar-refractivity contribution is 6.23. The normalized spacial score (nSPS) is 20.9. The quantitative estimate of drug-likeness (QED) is 0.215. The molecule has 0 spiro atoms. The van der Waals surface area contributed by atoms with Gasteiger partial charge in [-0.15, -0.1) is 0 Å². The maximum absolute atomic E-state index is 13.6. The Labute approximate surface area is 209 Å². The van der Waals surface area contributed by atoms with Gasteiger partial charge in [0.2, 0.25) is 5.91 Å². The van der Waals surface area contributed by atoms with E-state index in [1.165, 1.54) is 35.4 Å². The van der Waals surface area contributed by atoms with E-state index >= 15 is 0 Å². The first-order valence-corrected chi connectivity index (χ1v) is 11.4. The Balaban J connectivity index is 1.43. The van der Waals surface area contributed by atoms with E-state index in [2.05, 4.69) is 0 Å². The third-order valence-electron chi connectivity index (χ3n) is 6.50. The first-order chi connectivity index (χ1) is 17.9. The van der Waals surface area contributed by atoms with E-state index in [1.54, 1.807) is 54.6 Å². The van der Waals surface area contributed by atoms with Gasteiger partial charge in [-0.3, -0.25) is 24.5 Å². The number of carbonyl (C=O) groups is 2. The van der Waals surface area contributed by atoms with Gasteiger partial charge in [-0.2, -0.15) is 0 Å². The summed E-state index contributed by atoms with van der Waals surface area (Å²) in [6.07, 6.45) is -1.14. The molecule has 0 N–H and O–H groups in total. The van der Waals surface area contributed by atoms with Crippen LogP contribution in [0.15, 0.2) is 95.4 Å². The molecule has 2 aliphatic heterocycles. The van der Waals surface area contributed by atoms with Crippen LogP contribution in [0, 0.1) is 21.8 Å². The number of fused-ring (bicyclic) bond motifs is 1. The minimum atomic E-state index is -1.14. The fourth-order valence-electron chi connectivity index (χ4n) is 4.84. The molecular weight excluding hydrogens is 481 g/mol. The Hall–Kier alpha value is -4.83. The summed E-state index contributed by atoms with van der Waals surface area (Å²) < 4.78 is 19.6. The molecule has 4 aromatic rings. The molecule has 3 unspecified atom stereocenters. The molecule has 0 aliphatic carbocycles. The van der Waals surface area contributed by atoms with Crippen molar-refractivity contribution in [3.63, 3.8) is 0 Å². The van der Waals surface area contributed by atoms with Crippen molar-refractivity contribution in [3.05, 3.63) is 113 Å². The minimum absolute atomic E-state index is 0.126. The molecule has 2 saturated heterocycles. The van der Waals surface area contributed by atoms with Crippen LogP contribution in [0.1, 0.15) is 11.8 Å². The molecule has 2 amide bonds. The Kier molecular flexibility index (Phi) is 5.31. The SMILES string of the molecule is O=C1C2ON(c3ccccc3)C(c3ccc(-c4ccccc4[N+](=O)[O-])o3)C2C(=O)N1c1ccc(F)cc1. The first kappa shape index (κ1) is 22.6. The number of benzene rings is 3. The van der Waals surface area contributed by atoms with Crippen molar-refractivity contribution in [3.8, 4) is 11.3 Å². The molecule has 1 aromatic heterocycles. The fraction of sp³-hybridized carbons (Fsp3) is 0.111. The summed E-state index contributed by atoms with van der Waals surface area (Å²) in [5, 5.41) is 13.0. The van der Waals surface area contributed by atoms with Crippen molar-refractivity contribution < 1.29 is 28.2 Å². The monoisotopic (exact) mass is 499 g/mol. The van der Waals surface area contributed by atoms with Crippen molar-refractivity contribution in [1.29, 1.82) is 0 Å². The zero-order valence-electron chi connectivity index (χ0n) is 19.1. The smallest absolute Gasteiger partial charge is 0.280 e. The second-order valence-corrected chi connectivity index (χ2v) is 8.62.